The average Bonchev–Trinajstić information content (AvgIpc) is 2.42. The van der Waals surface area contributed by atoms with Crippen molar-refractivity contribution in [1.82, 2.24) is 10.0 Å². The van der Waals surface area contributed by atoms with E-state index in [0.29, 0.717) is 24.1 Å². The molecule has 0 aliphatic rings. The lowest BCUT2D eigenvalue weighted by Gasteiger charge is -2.14. The van der Waals surface area contributed by atoms with Crippen molar-refractivity contribution in [3.63, 3.8) is 0 Å². The maximum Gasteiger partial charge on any atom is 0.240 e. The largest absolute Gasteiger partial charge is 0.313 e. The van der Waals surface area contributed by atoms with Gasteiger partial charge in [0.15, 0.2) is 0 Å². The van der Waals surface area contributed by atoms with Gasteiger partial charge in [-0.1, -0.05) is 13.8 Å². The predicted molar refractivity (Wildman–Crippen MR) is 83.2 cm³/mol. The Morgan fingerprint density at radius 1 is 1.29 bits per heavy atom. The molecule has 1 rings (SSSR count). The number of benzene rings is 1. The van der Waals surface area contributed by atoms with Gasteiger partial charge in [0.25, 0.3) is 0 Å². The molecule has 1 atom stereocenters. The second-order valence-corrected chi connectivity index (χ2v) is 7.03. The van der Waals surface area contributed by atoms with Gasteiger partial charge in [0.2, 0.25) is 10.0 Å². The van der Waals surface area contributed by atoms with Crippen LogP contribution in [0.15, 0.2) is 17.0 Å². The Hall–Kier alpha value is -0.980. The minimum Gasteiger partial charge on any atom is -0.313 e. The monoisotopic (exact) mass is 316 g/mol. The van der Waals surface area contributed by atoms with Crippen LogP contribution < -0.4 is 10.0 Å². The topological polar surface area (TPSA) is 58.2 Å². The first-order chi connectivity index (χ1) is 9.81. The first-order valence-corrected chi connectivity index (χ1v) is 8.82. The third-order valence-corrected chi connectivity index (χ3v) is 4.89. The zero-order valence-corrected chi connectivity index (χ0v) is 14.0. The van der Waals surface area contributed by atoms with E-state index in [4.69, 9.17) is 0 Å². The van der Waals surface area contributed by atoms with Gasteiger partial charge in [0, 0.05) is 18.2 Å². The van der Waals surface area contributed by atoms with Gasteiger partial charge in [-0.2, -0.15) is 0 Å². The molecule has 21 heavy (non-hydrogen) atoms. The van der Waals surface area contributed by atoms with E-state index in [-0.39, 0.29) is 16.8 Å². The first kappa shape index (κ1) is 18.1. The third kappa shape index (κ3) is 5.05. The summed E-state index contributed by atoms with van der Waals surface area (Å²) in [4.78, 5) is 0.120. The molecule has 4 nitrogen and oxygen atoms in total. The lowest BCUT2D eigenvalue weighted by Crippen LogP contribution is -2.32. The fourth-order valence-electron chi connectivity index (χ4n) is 1.91. The molecule has 0 spiro atoms. The number of sulfonamides is 1. The van der Waals surface area contributed by atoms with Crippen LogP contribution >= 0.6 is 0 Å². The molecule has 1 aromatic rings. The van der Waals surface area contributed by atoms with Crippen LogP contribution in [-0.2, 0) is 16.6 Å². The van der Waals surface area contributed by atoms with E-state index in [0.717, 1.165) is 13.0 Å². The van der Waals surface area contributed by atoms with Crippen LogP contribution in [0.25, 0.3) is 0 Å². The van der Waals surface area contributed by atoms with E-state index < -0.39 is 10.0 Å². The van der Waals surface area contributed by atoms with Gasteiger partial charge in [-0.25, -0.2) is 17.5 Å². The van der Waals surface area contributed by atoms with E-state index in [1.54, 1.807) is 13.8 Å². The van der Waals surface area contributed by atoms with Crippen molar-refractivity contribution in [2.75, 3.05) is 6.54 Å². The molecule has 6 heteroatoms. The summed E-state index contributed by atoms with van der Waals surface area (Å²) in [5.41, 5.74) is 0.725. The average molecular weight is 316 g/mol. The molecule has 120 valence electrons. The van der Waals surface area contributed by atoms with Crippen LogP contribution in [-0.4, -0.2) is 21.0 Å². The van der Waals surface area contributed by atoms with Crippen LogP contribution in [0.1, 0.15) is 44.7 Å². The highest BCUT2D eigenvalue weighted by molar-refractivity contribution is 7.89. The summed E-state index contributed by atoms with van der Waals surface area (Å²) in [5.74, 6) is -0.346. The summed E-state index contributed by atoms with van der Waals surface area (Å²) >= 11 is 0. The first-order valence-electron chi connectivity index (χ1n) is 7.33. The molecule has 0 radical (unpaired) electrons. The Kier molecular flexibility index (Phi) is 6.77. The Balaban J connectivity index is 3.08. The van der Waals surface area contributed by atoms with Gasteiger partial charge in [-0.3, -0.25) is 0 Å². The van der Waals surface area contributed by atoms with Crippen LogP contribution in [0.4, 0.5) is 4.39 Å². The summed E-state index contributed by atoms with van der Waals surface area (Å²) < 4.78 is 41.2. The minimum atomic E-state index is -3.61. The minimum absolute atomic E-state index is 0.120. The highest BCUT2D eigenvalue weighted by Gasteiger charge is 2.19. The van der Waals surface area contributed by atoms with Gasteiger partial charge in [0.05, 0.1) is 4.90 Å². The molecule has 0 bridgehead atoms. The Bertz CT molecular complexity index is 573. The molecule has 0 saturated carbocycles. The van der Waals surface area contributed by atoms with Gasteiger partial charge in [0.1, 0.15) is 5.82 Å². The fraction of sp³-hybridized carbons (Fsp3) is 0.600. The van der Waals surface area contributed by atoms with Crippen molar-refractivity contribution >= 4 is 10.0 Å². The second kappa shape index (κ2) is 7.87. The van der Waals surface area contributed by atoms with E-state index in [2.05, 4.69) is 10.0 Å². The number of halogens is 1. The van der Waals surface area contributed by atoms with Gasteiger partial charge in [-0.05, 0) is 50.9 Å². The summed E-state index contributed by atoms with van der Waals surface area (Å²) in [6, 6.07) is 2.64. The molecule has 0 saturated heterocycles. The standard InChI is InChI=1S/C15H25FN2O2S/c1-5-7-17-10-13-9-14(8-11(3)15(13)16)21(19,20)18-12(4)6-2/h8-9,12,17-18H,5-7,10H2,1-4H3. The summed E-state index contributed by atoms with van der Waals surface area (Å²) in [7, 11) is -3.61. The molecule has 1 unspecified atom stereocenters. The number of aryl methyl sites for hydroxylation is 1. The van der Waals surface area contributed by atoms with Crippen LogP contribution in [0.3, 0.4) is 0 Å². The third-order valence-electron chi connectivity index (χ3n) is 3.32. The zero-order valence-electron chi connectivity index (χ0n) is 13.2. The van der Waals surface area contributed by atoms with E-state index in [1.165, 1.54) is 12.1 Å². The van der Waals surface area contributed by atoms with E-state index in [9.17, 15) is 12.8 Å². The van der Waals surface area contributed by atoms with E-state index in [1.807, 2.05) is 13.8 Å². The van der Waals surface area contributed by atoms with Crippen molar-refractivity contribution < 1.29 is 12.8 Å². The molecule has 0 aliphatic carbocycles. The summed E-state index contributed by atoms with van der Waals surface area (Å²) in [6.07, 6.45) is 1.64. The number of hydrogen-bond acceptors (Lipinski definition) is 3. The molecular weight excluding hydrogens is 291 g/mol. The van der Waals surface area contributed by atoms with Crippen molar-refractivity contribution in [3.05, 3.63) is 29.1 Å². The van der Waals surface area contributed by atoms with Crippen LogP contribution in [0.2, 0.25) is 0 Å². The SMILES string of the molecule is CCCNCc1cc(S(=O)(=O)NC(C)CC)cc(C)c1F. The van der Waals surface area contributed by atoms with Crippen LogP contribution in [0.5, 0.6) is 0 Å². The van der Waals surface area contributed by atoms with Gasteiger partial charge in [-0.15, -0.1) is 0 Å². The molecule has 2 N–H and O–H groups in total. The maximum atomic E-state index is 14.1. The second-order valence-electron chi connectivity index (χ2n) is 5.32. The Morgan fingerprint density at radius 2 is 1.95 bits per heavy atom. The molecule has 1 aromatic carbocycles. The molecule has 0 aromatic heterocycles. The quantitative estimate of drug-likeness (QED) is 0.725. The fourth-order valence-corrected chi connectivity index (χ4v) is 3.37. The molecule has 0 heterocycles. The van der Waals surface area contributed by atoms with Crippen molar-refractivity contribution in [1.29, 1.82) is 0 Å². The molecule has 0 fully saturated rings. The van der Waals surface area contributed by atoms with Gasteiger partial charge < -0.3 is 5.32 Å². The van der Waals surface area contributed by atoms with Crippen molar-refractivity contribution in [2.24, 2.45) is 0 Å². The lowest BCUT2D eigenvalue weighted by molar-refractivity contribution is 0.552. The molecule has 0 amide bonds. The molecular formula is C15H25FN2O2S. The maximum absolute atomic E-state index is 14.1. The zero-order chi connectivity index (χ0) is 16.0. The summed E-state index contributed by atoms with van der Waals surface area (Å²) in [6.45, 7) is 8.40. The number of rotatable bonds is 8. The normalized spacial score (nSPS) is 13.4. The predicted octanol–water partition coefficient (Wildman–Crippen LogP) is 2.71. The smallest absolute Gasteiger partial charge is 0.240 e. The highest BCUT2D eigenvalue weighted by atomic mass is 32.2. The lowest BCUT2D eigenvalue weighted by atomic mass is 10.1. The molecule has 0 aliphatic heterocycles. The Morgan fingerprint density at radius 3 is 2.52 bits per heavy atom. The highest BCUT2D eigenvalue weighted by Crippen LogP contribution is 2.19. The van der Waals surface area contributed by atoms with Crippen molar-refractivity contribution in [2.45, 2.75) is 58.0 Å². The van der Waals surface area contributed by atoms with Gasteiger partial charge >= 0.3 is 0 Å². The number of hydrogen-bond donors (Lipinski definition) is 2. The van der Waals surface area contributed by atoms with E-state index >= 15 is 0 Å². The van der Waals surface area contributed by atoms with Crippen molar-refractivity contribution in [3.8, 4) is 0 Å². The van der Waals surface area contributed by atoms with Crippen LogP contribution in [0, 0.1) is 12.7 Å². The summed E-state index contributed by atoms with van der Waals surface area (Å²) in [5, 5.41) is 3.09. The number of nitrogens with one attached hydrogen (secondary N) is 2. The Labute approximate surface area is 127 Å².